The highest BCUT2D eigenvalue weighted by molar-refractivity contribution is 5.94. The van der Waals surface area contributed by atoms with Crippen LogP contribution < -0.4 is 10.9 Å². The van der Waals surface area contributed by atoms with E-state index in [-0.39, 0.29) is 30.4 Å². The lowest BCUT2D eigenvalue weighted by atomic mass is 10.1. The Morgan fingerprint density at radius 3 is 2.42 bits per heavy atom. The highest BCUT2D eigenvalue weighted by Gasteiger charge is 2.06. The molecule has 2 aromatic carbocycles. The van der Waals surface area contributed by atoms with Gasteiger partial charge in [-0.3, -0.25) is 9.59 Å². The summed E-state index contributed by atoms with van der Waals surface area (Å²) in [5.41, 5.74) is 2.66. The lowest BCUT2D eigenvalue weighted by molar-refractivity contribution is 0.0951. The van der Waals surface area contributed by atoms with Gasteiger partial charge in [-0.15, -0.1) is 0 Å². The van der Waals surface area contributed by atoms with Crippen LogP contribution in [0.3, 0.4) is 0 Å². The van der Waals surface area contributed by atoms with Gasteiger partial charge in [-0.05, 0) is 49.4 Å². The number of hydrogen-bond acceptors (Lipinski definition) is 3. The maximum absolute atomic E-state index is 13.0. The van der Waals surface area contributed by atoms with Gasteiger partial charge in [-0.1, -0.05) is 17.7 Å². The third-order valence-electron chi connectivity index (χ3n) is 3.93. The summed E-state index contributed by atoms with van der Waals surface area (Å²) in [4.78, 5) is 24.1. The first-order chi connectivity index (χ1) is 12.5. The van der Waals surface area contributed by atoms with E-state index in [9.17, 15) is 14.0 Å². The van der Waals surface area contributed by atoms with Crippen LogP contribution in [0.15, 0.2) is 65.5 Å². The second-order valence-electron chi connectivity index (χ2n) is 5.91. The van der Waals surface area contributed by atoms with Crippen molar-refractivity contribution >= 4 is 5.91 Å². The van der Waals surface area contributed by atoms with Crippen molar-refractivity contribution in [2.45, 2.75) is 13.5 Å². The van der Waals surface area contributed by atoms with Crippen molar-refractivity contribution < 1.29 is 9.18 Å². The van der Waals surface area contributed by atoms with Gasteiger partial charge < -0.3 is 5.32 Å². The summed E-state index contributed by atoms with van der Waals surface area (Å²) in [6.45, 7) is 2.46. The minimum absolute atomic E-state index is 0.201. The van der Waals surface area contributed by atoms with Crippen molar-refractivity contribution in [1.82, 2.24) is 15.1 Å². The van der Waals surface area contributed by atoms with Crippen molar-refractivity contribution in [3.63, 3.8) is 0 Å². The molecule has 0 aliphatic carbocycles. The maximum atomic E-state index is 13.0. The highest BCUT2D eigenvalue weighted by atomic mass is 19.1. The maximum Gasteiger partial charge on any atom is 0.266 e. The summed E-state index contributed by atoms with van der Waals surface area (Å²) in [7, 11) is 0. The lowest BCUT2D eigenvalue weighted by Crippen LogP contribution is -2.31. The van der Waals surface area contributed by atoms with E-state index in [0.717, 1.165) is 5.56 Å². The minimum atomic E-state index is -0.333. The standard InChI is InChI=1S/C20H18FN3O2/c1-14-2-4-16(5-3-14)20(26)22-12-13-24-19(25)11-10-18(23-24)15-6-8-17(21)9-7-15/h2-11H,12-13H2,1H3,(H,22,26). The second kappa shape index (κ2) is 7.74. The van der Waals surface area contributed by atoms with E-state index in [1.165, 1.54) is 22.9 Å². The molecule has 0 unspecified atom stereocenters. The van der Waals surface area contributed by atoms with Crippen LogP contribution in [0.25, 0.3) is 11.3 Å². The summed E-state index contributed by atoms with van der Waals surface area (Å²) in [5.74, 6) is -0.534. The molecule has 26 heavy (non-hydrogen) atoms. The molecule has 0 spiro atoms. The van der Waals surface area contributed by atoms with Gasteiger partial charge in [0.25, 0.3) is 11.5 Å². The van der Waals surface area contributed by atoms with E-state index in [1.54, 1.807) is 30.3 Å². The topological polar surface area (TPSA) is 64.0 Å². The summed E-state index contributed by atoms with van der Waals surface area (Å²) >= 11 is 0. The normalized spacial score (nSPS) is 10.5. The number of carbonyl (C=O) groups excluding carboxylic acids is 1. The van der Waals surface area contributed by atoms with Crippen molar-refractivity contribution in [3.8, 4) is 11.3 Å². The molecule has 1 amide bonds. The monoisotopic (exact) mass is 351 g/mol. The molecule has 3 rings (SSSR count). The first-order valence-electron chi connectivity index (χ1n) is 8.22. The van der Waals surface area contributed by atoms with E-state index in [4.69, 9.17) is 0 Å². The molecule has 6 heteroatoms. The molecule has 0 aliphatic heterocycles. The van der Waals surface area contributed by atoms with Gasteiger partial charge in [-0.25, -0.2) is 9.07 Å². The van der Waals surface area contributed by atoms with Gasteiger partial charge in [0.1, 0.15) is 5.82 Å². The molecular formula is C20H18FN3O2. The van der Waals surface area contributed by atoms with Gasteiger partial charge in [0.15, 0.2) is 0 Å². The molecule has 0 aliphatic rings. The average molecular weight is 351 g/mol. The van der Waals surface area contributed by atoms with Crippen molar-refractivity contribution in [1.29, 1.82) is 0 Å². The molecule has 0 saturated carbocycles. The SMILES string of the molecule is Cc1ccc(C(=O)NCCn2nc(-c3ccc(F)cc3)ccc2=O)cc1. The summed E-state index contributed by atoms with van der Waals surface area (Å²) < 4.78 is 14.3. The first kappa shape index (κ1) is 17.5. The Hall–Kier alpha value is -3.28. The van der Waals surface area contributed by atoms with Crippen molar-refractivity contribution in [2.75, 3.05) is 6.54 Å². The van der Waals surface area contributed by atoms with Crippen molar-refractivity contribution in [3.05, 3.63) is 88.0 Å². The molecule has 1 heterocycles. The van der Waals surface area contributed by atoms with Crippen LogP contribution in [0.5, 0.6) is 0 Å². The fourth-order valence-electron chi connectivity index (χ4n) is 2.47. The summed E-state index contributed by atoms with van der Waals surface area (Å²) in [5, 5.41) is 7.06. The number of carbonyl (C=O) groups is 1. The zero-order valence-electron chi connectivity index (χ0n) is 14.3. The number of aromatic nitrogens is 2. The largest absolute Gasteiger partial charge is 0.350 e. The lowest BCUT2D eigenvalue weighted by Gasteiger charge is -2.09. The van der Waals surface area contributed by atoms with E-state index in [0.29, 0.717) is 16.8 Å². The Kier molecular flexibility index (Phi) is 5.22. The molecular weight excluding hydrogens is 333 g/mol. The number of nitrogens with zero attached hydrogens (tertiary/aromatic N) is 2. The smallest absolute Gasteiger partial charge is 0.266 e. The number of aryl methyl sites for hydroxylation is 1. The zero-order valence-corrected chi connectivity index (χ0v) is 14.3. The Bertz CT molecular complexity index is 964. The van der Waals surface area contributed by atoms with Crippen LogP contribution in [0.4, 0.5) is 4.39 Å². The Morgan fingerprint density at radius 2 is 1.73 bits per heavy atom. The Balaban J connectivity index is 1.67. The number of benzene rings is 2. The molecule has 3 aromatic rings. The van der Waals surface area contributed by atoms with E-state index in [1.807, 2.05) is 19.1 Å². The van der Waals surface area contributed by atoms with Crippen LogP contribution in [0.1, 0.15) is 15.9 Å². The molecule has 1 N–H and O–H groups in total. The molecule has 0 saturated heterocycles. The molecule has 132 valence electrons. The van der Waals surface area contributed by atoms with E-state index >= 15 is 0 Å². The van der Waals surface area contributed by atoms with Crippen LogP contribution in [0.2, 0.25) is 0 Å². The average Bonchev–Trinajstić information content (AvgIpc) is 2.64. The van der Waals surface area contributed by atoms with E-state index in [2.05, 4.69) is 10.4 Å². The molecule has 0 radical (unpaired) electrons. The second-order valence-corrected chi connectivity index (χ2v) is 5.91. The summed E-state index contributed by atoms with van der Waals surface area (Å²) in [6, 6.07) is 16.1. The number of halogens is 1. The molecule has 0 atom stereocenters. The van der Waals surface area contributed by atoms with Gasteiger partial charge in [0, 0.05) is 23.7 Å². The minimum Gasteiger partial charge on any atom is -0.350 e. The fourth-order valence-corrected chi connectivity index (χ4v) is 2.47. The third-order valence-corrected chi connectivity index (χ3v) is 3.93. The third kappa shape index (κ3) is 4.22. The molecule has 5 nitrogen and oxygen atoms in total. The number of amides is 1. The molecule has 0 fully saturated rings. The summed E-state index contributed by atoms with van der Waals surface area (Å²) in [6.07, 6.45) is 0. The molecule has 0 bridgehead atoms. The Labute approximate surface area is 150 Å². The predicted molar refractivity (Wildman–Crippen MR) is 97.4 cm³/mol. The quantitative estimate of drug-likeness (QED) is 0.769. The number of rotatable bonds is 5. The van der Waals surface area contributed by atoms with Gasteiger partial charge in [-0.2, -0.15) is 5.10 Å². The van der Waals surface area contributed by atoms with Gasteiger partial charge in [0.2, 0.25) is 0 Å². The molecule has 1 aromatic heterocycles. The van der Waals surface area contributed by atoms with Crippen LogP contribution in [-0.4, -0.2) is 22.2 Å². The fraction of sp³-hybridized carbons (Fsp3) is 0.150. The van der Waals surface area contributed by atoms with Gasteiger partial charge >= 0.3 is 0 Å². The van der Waals surface area contributed by atoms with Crippen molar-refractivity contribution in [2.24, 2.45) is 0 Å². The van der Waals surface area contributed by atoms with Crippen LogP contribution in [0, 0.1) is 12.7 Å². The van der Waals surface area contributed by atoms with Crippen LogP contribution >= 0.6 is 0 Å². The zero-order chi connectivity index (χ0) is 18.5. The Morgan fingerprint density at radius 1 is 1.04 bits per heavy atom. The van der Waals surface area contributed by atoms with E-state index < -0.39 is 0 Å². The number of nitrogens with one attached hydrogen (secondary N) is 1. The van der Waals surface area contributed by atoms with Gasteiger partial charge in [0.05, 0.1) is 12.2 Å². The highest BCUT2D eigenvalue weighted by Crippen LogP contribution is 2.15. The first-order valence-corrected chi connectivity index (χ1v) is 8.22. The number of hydrogen-bond donors (Lipinski definition) is 1. The predicted octanol–water partition coefficient (Wildman–Crippen LogP) is 2.79. The van der Waals surface area contributed by atoms with Crippen LogP contribution in [-0.2, 0) is 6.54 Å².